The molecule has 2 atom stereocenters. The maximum absolute atomic E-state index is 10.5. The van der Waals surface area contributed by atoms with E-state index in [0.717, 1.165) is 25.0 Å². The molecule has 1 heterocycles. The van der Waals surface area contributed by atoms with Crippen LogP contribution < -0.4 is 0 Å². The lowest BCUT2D eigenvalue weighted by Gasteiger charge is -2.25. The maximum atomic E-state index is 10.5. The van der Waals surface area contributed by atoms with Crippen LogP contribution in [0, 0.1) is 0 Å². The lowest BCUT2D eigenvalue weighted by Crippen LogP contribution is -2.25. The fourth-order valence-corrected chi connectivity index (χ4v) is 2.07. The van der Waals surface area contributed by atoms with Crippen molar-refractivity contribution in [2.45, 2.75) is 31.3 Å². The van der Waals surface area contributed by atoms with Crippen LogP contribution in [0.3, 0.4) is 0 Å². The van der Waals surface area contributed by atoms with Crippen molar-refractivity contribution in [1.82, 2.24) is 4.98 Å². The van der Waals surface area contributed by atoms with Crippen LogP contribution in [0.5, 0.6) is 0 Å². The van der Waals surface area contributed by atoms with Crippen molar-refractivity contribution in [3.05, 3.63) is 29.6 Å². The Hall–Kier alpha value is -1.22. The summed E-state index contributed by atoms with van der Waals surface area (Å²) >= 11 is 0. The monoisotopic (exact) mass is 191 g/mol. The van der Waals surface area contributed by atoms with Gasteiger partial charge in [-0.25, -0.2) is 0 Å². The molecule has 74 valence electrons. The summed E-state index contributed by atoms with van der Waals surface area (Å²) < 4.78 is 0. The molecule has 0 aromatic carbocycles. The van der Waals surface area contributed by atoms with Gasteiger partial charge >= 0.3 is 0 Å². The van der Waals surface area contributed by atoms with Gasteiger partial charge in [0.1, 0.15) is 12.4 Å². The van der Waals surface area contributed by atoms with Crippen LogP contribution in [-0.4, -0.2) is 22.5 Å². The normalized spacial score (nSPS) is 22.5. The number of aliphatic hydroxyl groups excluding tert-OH is 1. The van der Waals surface area contributed by atoms with E-state index in [4.69, 9.17) is 0 Å². The van der Waals surface area contributed by atoms with E-state index in [1.165, 1.54) is 5.56 Å². The van der Waals surface area contributed by atoms with Gasteiger partial charge in [0.2, 0.25) is 0 Å². The minimum Gasteiger partial charge on any atom is -0.385 e. The van der Waals surface area contributed by atoms with Gasteiger partial charge in [-0.05, 0) is 30.9 Å². The van der Waals surface area contributed by atoms with E-state index in [2.05, 4.69) is 4.98 Å². The van der Waals surface area contributed by atoms with E-state index in [-0.39, 0.29) is 5.92 Å². The minimum atomic E-state index is -0.899. The number of aryl methyl sites for hydroxylation is 1. The molecule has 0 amide bonds. The third-order valence-corrected chi connectivity index (χ3v) is 2.79. The molecule has 0 fully saturated rings. The summed E-state index contributed by atoms with van der Waals surface area (Å²) in [7, 11) is 0. The van der Waals surface area contributed by atoms with E-state index in [1.54, 1.807) is 6.20 Å². The van der Waals surface area contributed by atoms with Gasteiger partial charge in [0, 0.05) is 17.8 Å². The number of carbonyl (C=O) groups excluding carboxylic acids is 1. The third kappa shape index (κ3) is 1.55. The predicted molar refractivity (Wildman–Crippen MR) is 52.0 cm³/mol. The first kappa shape index (κ1) is 9.34. The molecule has 0 radical (unpaired) electrons. The molecule has 2 unspecified atom stereocenters. The number of rotatable bonds is 2. The average Bonchev–Trinajstić information content (AvgIpc) is 2.27. The number of carbonyl (C=O) groups is 1. The van der Waals surface area contributed by atoms with Gasteiger partial charge in [-0.2, -0.15) is 0 Å². The number of nitrogens with zero attached hydrogens (tertiary/aromatic N) is 1. The molecule has 14 heavy (non-hydrogen) atoms. The smallest absolute Gasteiger partial charge is 0.149 e. The molecule has 0 bridgehead atoms. The van der Waals surface area contributed by atoms with Crippen LogP contribution >= 0.6 is 0 Å². The first-order chi connectivity index (χ1) is 6.83. The van der Waals surface area contributed by atoms with Crippen molar-refractivity contribution in [2.24, 2.45) is 0 Å². The Morgan fingerprint density at radius 3 is 3.29 bits per heavy atom. The highest BCUT2D eigenvalue weighted by molar-refractivity contribution is 5.58. The van der Waals surface area contributed by atoms with E-state index in [1.807, 2.05) is 12.1 Å². The van der Waals surface area contributed by atoms with Crippen LogP contribution in [0.4, 0.5) is 0 Å². The van der Waals surface area contributed by atoms with E-state index >= 15 is 0 Å². The summed E-state index contributed by atoms with van der Waals surface area (Å²) in [5.41, 5.74) is 2.07. The van der Waals surface area contributed by atoms with E-state index in [9.17, 15) is 9.90 Å². The van der Waals surface area contributed by atoms with E-state index < -0.39 is 6.10 Å². The molecule has 0 saturated carbocycles. The summed E-state index contributed by atoms with van der Waals surface area (Å²) in [5.74, 6) is -0.0996. The molecule has 1 aliphatic rings. The molecular weight excluding hydrogens is 178 g/mol. The second-order valence-corrected chi connectivity index (χ2v) is 3.67. The molecule has 3 heteroatoms. The topological polar surface area (TPSA) is 50.2 Å². The maximum Gasteiger partial charge on any atom is 0.149 e. The molecule has 1 N–H and O–H groups in total. The quantitative estimate of drug-likeness (QED) is 0.711. The zero-order valence-electron chi connectivity index (χ0n) is 7.89. The number of hydrogen-bond donors (Lipinski definition) is 1. The Bertz CT molecular complexity index is 338. The largest absolute Gasteiger partial charge is 0.385 e. The number of fused-ring (bicyclic) bond motifs is 1. The summed E-state index contributed by atoms with van der Waals surface area (Å²) in [4.78, 5) is 14.8. The zero-order valence-corrected chi connectivity index (χ0v) is 7.89. The number of aromatic nitrogens is 1. The van der Waals surface area contributed by atoms with Gasteiger partial charge in [-0.1, -0.05) is 6.07 Å². The number of pyridine rings is 1. The van der Waals surface area contributed by atoms with Crippen molar-refractivity contribution < 1.29 is 9.90 Å². The lowest BCUT2D eigenvalue weighted by atomic mass is 9.83. The van der Waals surface area contributed by atoms with Crippen LogP contribution in [0.15, 0.2) is 18.3 Å². The Morgan fingerprint density at radius 2 is 2.50 bits per heavy atom. The molecular formula is C11H13NO2. The van der Waals surface area contributed by atoms with Gasteiger partial charge < -0.3 is 9.90 Å². The van der Waals surface area contributed by atoms with Gasteiger partial charge in [-0.3, -0.25) is 4.98 Å². The highest BCUT2D eigenvalue weighted by atomic mass is 16.3. The van der Waals surface area contributed by atoms with Gasteiger partial charge in [0.15, 0.2) is 0 Å². The zero-order chi connectivity index (χ0) is 9.97. The summed E-state index contributed by atoms with van der Waals surface area (Å²) in [6, 6.07) is 3.92. The van der Waals surface area contributed by atoms with Crippen molar-refractivity contribution in [2.75, 3.05) is 0 Å². The van der Waals surface area contributed by atoms with Crippen LogP contribution in [0.1, 0.15) is 30.0 Å². The Morgan fingerprint density at radius 1 is 1.64 bits per heavy atom. The van der Waals surface area contributed by atoms with Crippen LogP contribution in [0.2, 0.25) is 0 Å². The summed E-state index contributed by atoms with van der Waals surface area (Å²) in [6.07, 6.45) is 4.30. The second kappa shape index (κ2) is 3.88. The fraction of sp³-hybridized carbons (Fsp3) is 0.455. The van der Waals surface area contributed by atoms with Gasteiger partial charge in [0.05, 0.1) is 0 Å². The molecule has 3 nitrogen and oxygen atoms in total. The fourth-order valence-electron chi connectivity index (χ4n) is 2.07. The molecule has 0 aliphatic heterocycles. The van der Waals surface area contributed by atoms with Crippen molar-refractivity contribution in [1.29, 1.82) is 0 Å². The Balaban J connectivity index is 2.35. The lowest BCUT2D eigenvalue weighted by molar-refractivity contribution is -0.116. The molecule has 1 aromatic rings. The first-order valence-corrected chi connectivity index (χ1v) is 4.90. The third-order valence-electron chi connectivity index (χ3n) is 2.79. The number of aldehydes is 1. The highest BCUT2D eigenvalue weighted by Crippen LogP contribution is 2.31. The first-order valence-electron chi connectivity index (χ1n) is 4.90. The van der Waals surface area contributed by atoms with Crippen molar-refractivity contribution in [3.8, 4) is 0 Å². The highest BCUT2D eigenvalue weighted by Gasteiger charge is 2.27. The van der Waals surface area contributed by atoms with E-state index in [0.29, 0.717) is 6.29 Å². The molecule has 0 saturated heterocycles. The molecule has 1 aromatic heterocycles. The number of hydrogen-bond acceptors (Lipinski definition) is 3. The average molecular weight is 191 g/mol. The predicted octanol–water partition coefficient (Wildman–Crippen LogP) is 1.06. The van der Waals surface area contributed by atoms with Gasteiger partial charge in [0.25, 0.3) is 0 Å². The molecule has 1 aliphatic carbocycles. The number of aliphatic hydroxyl groups is 1. The SMILES string of the molecule is O=CC(O)C1CCCc2cccnc21. The summed E-state index contributed by atoms with van der Waals surface area (Å²) in [5, 5.41) is 9.52. The summed E-state index contributed by atoms with van der Waals surface area (Å²) in [6.45, 7) is 0. The van der Waals surface area contributed by atoms with Crippen LogP contribution in [-0.2, 0) is 11.2 Å². The van der Waals surface area contributed by atoms with Crippen molar-refractivity contribution >= 4 is 6.29 Å². The van der Waals surface area contributed by atoms with Gasteiger partial charge in [-0.15, -0.1) is 0 Å². The van der Waals surface area contributed by atoms with Crippen LogP contribution in [0.25, 0.3) is 0 Å². The Labute approximate surface area is 82.8 Å². The molecule has 0 spiro atoms. The Kier molecular flexibility index (Phi) is 2.59. The standard InChI is InChI=1S/C11H13NO2/c13-7-10(14)9-5-1-3-8-4-2-6-12-11(8)9/h2,4,6-7,9-10,14H,1,3,5H2. The second-order valence-electron chi connectivity index (χ2n) is 3.67. The minimum absolute atomic E-state index is 0.0996. The van der Waals surface area contributed by atoms with Crippen molar-refractivity contribution in [3.63, 3.8) is 0 Å². The molecule has 2 rings (SSSR count).